The van der Waals surface area contributed by atoms with Gasteiger partial charge in [-0.1, -0.05) is 6.07 Å². The number of rotatable bonds is 2. The van der Waals surface area contributed by atoms with Crippen LogP contribution in [0.3, 0.4) is 0 Å². The van der Waals surface area contributed by atoms with Crippen LogP contribution in [-0.2, 0) is 9.59 Å². The van der Waals surface area contributed by atoms with Gasteiger partial charge in [-0.3, -0.25) is 9.59 Å². The van der Waals surface area contributed by atoms with E-state index in [9.17, 15) is 9.59 Å². The van der Waals surface area contributed by atoms with E-state index in [1.54, 1.807) is 24.3 Å². The van der Waals surface area contributed by atoms with Gasteiger partial charge in [-0.25, -0.2) is 0 Å². The Morgan fingerprint density at radius 3 is 2.04 bits per heavy atom. The lowest BCUT2D eigenvalue weighted by molar-refractivity contribution is -0.132. The minimum Gasteiger partial charge on any atom is -0.455 e. The van der Waals surface area contributed by atoms with Crippen molar-refractivity contribution in [2.75, 3.05) is 0 Å². The Balaban J connectivity index is 1.91. The van der Waals surface area contributed by atoms with Crippen LogP contribution in [0.1, 0.15) is 13.8 Å². The number of carbonyl (C=O) groups is 2. The van der Waals surface area contributed by atoms with Crippen LogP contribution in [0.2, 0.25) is 0 Å². The summed E-state index contributed by atoms with van der Waals surface area (Å²) in [6.45, 7) is 2.73. The third-order valence-corrected chi connectivity index (χ3v) is 3.92. The third-order valence-electron chi connectivity index (χ3n) is 3.92. The Labute approximate surface area is 142 Å². The number of furan rings is 1. The highest BCUT2D eigenvalue weighted by Crippen LogP contribution is 2.36. The lowest BCUT2D eigenvalue weighted by atomic mass is 10.1. The molecule has 0 aliphatic heterocycles. The summed E-state index contributed by atoms with van der Waals surface area (Å²) in [4.78, 5) is 22.2. The van der Waals surface area contributed by atoms with Crippen molar-refractivity contribution in [2.24, 2.45) is 0 Å². The van der Waals surface area contributed by atoms with Gasteiger partial charge >= 0.3 is 11.9 Å². The average molecular weight is 334 g/mol. The normalized spacial score (nSPS) is 11.1. The van der Waals surface area contributed by atoms with Crippen molar-refractivity contribution < 1.29 is 23.5 Å². The zero-order valence-electron chi connectivity index (χ0n) is 13.7. The predicted octanol–water partition coefficient (Wildman–Crippen LogP) is 4.59. The number of carbonyl (C=O) groups excluding carboxylic acids is 2. The Hall–Kier alpha value is -3.34. The van der Waals surface area contributed by atoms with Gasteiger partial charge in [-0.2, -0.15) is 0 Å². The monoisotopic (exact) mass is 334 g/mol. The SMILES string of the molecule is CC(=O)Oc1ccc2c(ccc3c4ccc(OC(C)=O)cc4oc23)c1. The van der Waals surface area contributed by atoms with Gasteiger partial charge in [0.25, 0.3) is 0 Å². The van der Waals surface area contributed by atoms with Crippen LogP contribution in [0.25, 0.3) is 32.7 Å². The molecule has 0 saturated carbocycles. The van der Waals surface area contributed by atoms with Gasteiger partial charge in [0.2, 0.25) is 0 Å². The molecule has 5 nitrogen and oxygen atoms in total. The minimum absolute atomic E-state index is 0.359. The molecule has 0 aliphatic carbocycles. The van der Waals surface area contributed by atoms with Crippen LogP contribution < -0.4 is 9.47 Å². The lowest BCUT2D eigenvalue weighted by Gasteiger charge is -2.03. The van der Waals surface area contributed by atoms with Gasteiger partial charge in [0.05, 0.1) is 0 Å². The molecule has 0 N–H and O–H groups in total. The lowest BCUT2D eigenvalue weighted by Crippen LogP contribution is -2.00. The summed E-state index contributed by atoms with van der Waals surface area (Å²) in [6, 6.07) is 14.6. The number of benzene rings is 3. The second-order valence-corrected chi connectivity index (χ2v) is 5.77. The molecular weight excluding hydrogens is 320 g/mol. The fourth-order valence-electron chi connectivity index (χ4n) is 2.98. The van der Waals surface area contributed by atoms with E-state index in [1.807, 2.05) is 24.3 Å². The highest BCUT2D eigenvalue weighted by Gasteiger charge is 2.12. The third kappa shape index (κ3) is 2.70. The number of fused-ring (bicyclic) bond motifs is 5. The minimum atomic E-state index is -0.376. The summed E-state index contributed by atoms with van der Waals surface area (Å²) < 4.78 is 16.2. The van der Waals surface area contributed by atoms with E-state index >= 15 is 0 Å². The molecule has 0 aliphatic rings. The molecule has 0 fully saturated rings. The fourth-order valence-corrected chi connectivity index (χ4v) is 2.98. The Bertz CT molecular complexity index is 1150. The van der Waals surface area contributed by atoms with Crippen molar-refractivity contribution in [3.63, 3.8) is 0 Å². The first kappa shape index (κ1) is 15.2. The van der Waals surface area contributed by atoms with Crippen molar-refractivity contribution in [1.29, 1.82) is 0 Å². The van der Waals surface area contributed by atoms with Crippen LogP contribution in [0.5, 0.6) is 11.5 Å². The number of esters is 2. The summed E-state index contributed by atoms with van der Waals surface area (Å²) in [6.07, 6.45) is 0. The smallest absolute Gasteiger partial charge is 0.308 e. The molecule has 3 aromatic carbocycles. The van der Waals surface area contributed by atoms with E-state index < -0.39 is 0 Å². The van der Waals surface area contributed by atoms with Gasteiger partial charge in [-0.05, 0) is 41.8 Å². The zero-order valence-corrected chi connectivity index (χ0v) is 13.7. The van der Waals surface area contributed by atoms with E-state index in [1.165, 1.54) is 13.8 Å². The quantitative estimate of drug-likeness (QED) is 0.396. The second kappa shape index (κ2) is 5.63. The maximum absolute atomic E-state index is 11.1. The molecule has 0 unspecified atom stereocenters. The largest absolute Gasteiger partial charge is 0.455 e. The molecule has 0 amide bonds. The van der Waals surface area contributed by atoms with Crippen molar-refractivity contribution in [2.45, 2.75) is 13.8 Å². The first-order chi connectivity index (χ1) is 12.0. The van der Waals surface area contributed by atoms with Crippen LogP contribution in [0, 0.1) is 0 Å². The summed E-state index contributed by atoms with van der Waals surface area (Å²) in [5, 5.41) is 3.73. The summed E-state index contributed by atoms with van der Waals surface area (Å²) in [5.41, 5.74) is 1.38. The molecule has 124 valence electrons. The van der Waals surface area contributed by atoms with Crippen LogP contribution >= 0.6 is 0 Å². The van der Waals surface area contributed by atoms with E-state index in [-0.39, 0.29) is 11.9 Å². The predicted molar refractivity (Wildman–Crippen MR) is 93.8 cm³/mol. The first-order valence-corrected chi connectivity index (χ1v) is 7.77. The Morgan fingerprint density at radius 2 is 1.36 bits per heavy atom. The van der Waals surface area contributed by atoms with Crippen molar-refractivity contribution >= 4 is 44.6 Å². The fraction of sp³-hybridized carbons (Fsp3) is 0.100. The maximum Gasteiger partial charge on any atom is 0.308 e. The van der Waals surface area contributed by atoms with Gasteiger partial charge in [-0.15, -0.1) is 0 Å². The van der Waals surface area contributed by atoms with Gasteiger partial charge in [0.1, 0.15) is 22.7 Å². The summed E-state index contributed by atoms with van der Waals surface area (Å²) in [7, 11) is 0. The Kier molecular flexibility index (Phi) is 3.42. The van der Waals surface area contributed by atoms with E-state index in [0.717, 1.165) is 27.1 Å². The van der Waals surface area contributed by atoms with E-state index in [4.69, 9.17) is 13.9 Å². The molecule has 25 heavy (non-hydrogen) atoms. The highest BCUT2D eigenvalue weighted by molar-refractivity contribution is 6.15. The van der Waals surface area contributed by atoms with Crippen molar-refractivity contribution in [1.82, 2.24) is 0 Å². The molecule has 4 rings (SSSR count). The van der Waals surface area contributed by atoms with Gasteiger partial charge in [0, 0.05) is 36.1 Å². The molecule has 4 aromatic rings. The molecule has 0 spiro atoms. The van der Waals surface area contributed by atoms with Gasteiger partial charge in [0.15, 0.2) is 0 Å². The Morgan fingerprint density at radius 1 is 0.760 bits per heavy atom. The molecule has 1 heterocycles. The molecule has 0 bridgehead atoms. The number of hydrogen-bond donors (Lipinski definition) is 0. The highest BCUT2D eigenvalue weighted by atomic mass is 16.5. The van der Waals surface area contributed by atoms with Crippen LogP contribution in [0.15, 0.2) is 52.9 Å². The molecule has 1 aromatic heterocycles. The second-order valence-electron chi connectivity index (χ2n) is 5.77. The summed E-state index contributed by atoms with van der Waals surface area (Å²) in [5.74, 6) is 0.203. The molecular formula is C20H14O5. The van der Waals surface area contributed by atoms with Crippen LogP contribution in [-0.4, -0.2) is 11.9 Å². The van der Waals surface area contributed by atoms with Crippen molar-refractivity contribution in [3.8, 4) is 11.5 Å². The zero-order chi connectivity index (χ0) is 17.6. The van der Waals surface area contributed by atoms with E-state index in [2.05, 4.69) is 0 Å². The average Bonchev–Trinajstić information content (AvgIpc) is 2.91. The topological polar surface area (TPSA) is 65.7 Å². The molecule has 0 atom stereocenters. The number of hydrogen-bond acceptors (Lipinski definition) is 5. The maximum atomic E-state index is 11.1. The standard InChI is InChI=1S/C20H14O5/c1-11(21)23-14-4-7-16-13(9-14)3-6-18-17-8-5-15(24-12(2)22)10-19(17)25-20(16)18/h3-10H,1-2H3. The first-order valence-electron chi connectivity index (χ1n) is 7.77. The molecule has 5 heteroatoms. The molecule has 0 radical (unpaired) electrons. The summed E-state index contributed by atoms with van der Waals surface area (Å²) >= 11 is 0. The van der Waals surface area contributed by atoms with Crippen LogP contribution in [0.4, 0.5) is 0 Å². The number of ether oxygens (including phenoxy) is 2. The molecule has 0 saturated heterocycles. The van der Waals surface area contributed by atoms with E-state index in [0.29, 0.717) is 17.1 Å². The van der Waals surface area contributed by atoms with Gasteiger partial charge < -0.3 is 13.9 Å². The van der Waals surface area contributed by atoms with Crippen molar-refractivity contribution in [3.05, 3.63) is 48.5 Å².